The molecule has 3 aliphatic rings. The highest BCUT2D eigenvalue weighted by atomic mass is 16.5. The van der Waals surface area contributed by atoms with E-state index in [2.05, 4.69) is 10.6 Å². The van der Waals surface area contributed by atoms with E-state index in [0.29, 0.717) is 22.6 Å². The first-order chi connectivity index (χ1) is 21.5. The van der Waals surface area contributed by atoms with Crippen molar-refractivity contribution in [3.05, 3.63) is 69.7 Å². The van der Waals surface area contributed by atoms with Crippen LogP contribution in [0.15, 0.2) is 53.0 Å². The summed E-state index contributed by atoms with van der Waals surface area (Å²) < 4.78 is 5.14. The number of aliphatic hydroxyl groups is 3. The zero-order chi connectivity index (χ0) is 34.0. The third kappa shape index (κ3) is 4.84. The van der Waals surface area contributed by atoms with Gasteiger partial charge in [-0.3, -0.25) is 14.4 Å². The summed E-state index contributed by atoms with van der Waals surface area (Å²) in [5, 5.41) is 51.7. The molecule has 0 bridgehead atoms. The number of carbonyl (C=O) groups is 4. The number of phenols is 1. The van der Waals surface area contributed by atoms with E-state index in [9.17, 15) is 39.6 Å². The van der Waals surface area contributed by atoms with Crippen molar-refractivity contribution in [2.45, 2.75) is 65.9 Å². The van der Waals surface area contributed by atoms with E-state index >= 15 is 0 Å². The number of benzene rings is 2. The molecular weight excluding hydrogens is 592 g/mol. The number of anilines is 2. The molecular formula is C35H40N2O9. The van der Waals surface area contributed by atoms with Crippen LogP contribution in [-0.4, -0.2) is 56.5 Å². The van der Waals surface area contributed by atoms with Gasteiger partial charge in [-0.1, -0.05) is 34.6 Å². The summed E-state index contributed by atoms with van der Waals surface area (Å²) in [6, 6.07) is 7.53. The van der Waals surface area contributed by atoms with Gasteiger partial charge in [-0.25, -0.2) is 4.79 Å². The fourth-order valence-corrected chi connectivity index (χ4v) is 7.63. The molecule has 0 radical (unpaired) electrons. The molecule has 0 aromatic heterocycles. The fraction of sp³-hybridized carbons (Fsp3) is 0.429. The zero-order valence-corrected chi connectivity index (χ0v) is 26.9. The number of nitrogens with one attached hydrogen (secondary N) is 2. The first-order valence-electron chi connectivity index (χ1n) is 15.3. The Labute approximate surface area is 267 Å². The highest BCUT2D eigenvalue weighted by Crippen LogP contribution is 2.60. The number of phenolic OH excluding ortho intramolecular Hbond substituents is 1. The second kappa shape index (κ2) is 11.3. The number of fused-ring (bicyclic) bond motifs is 3. The molecule has 0 saturated carbocycles. The van der Waals surface area contributed by atoms with E-state index in [-0.39, 0.29) is 41.5 Å². The van der Waals surface area contributed by atoms with Gasteiger partial charge < -0.3 is 35.8 Å². The number of allylic oxidation sites excluding steroid dienone is 2. The number of hydrogen-bond acceptors (Lipinski definition) is 9. The van der Waals surface area contributed by atoms with Gasteiger partial charge in [0, 0.05) is 28.5 Å². The maximum Gasteiger partial charge on any atom is 0.323 e. The predicted octanol–water partition coefficient (Wildman–Crippen LogP) is 5.73. The minimum absolute atomic E-state index is 0.0282. The Balaban J connectivity index is 1.63. The smallest absolute Gasteiger partial charge is 0.323 e. The third-order valence-corrected chi connectivity index (χ3v) is 9.74. The Morgan fingerprint density at radius 2 is 1.65 bits per heavy atom. The number of aromatic hydroxyl groups is 1. The number of aliphatic hydroxyl groups excluding tert-OH is 2. The molecule has 11 heteroatoms. The molecule has 0 saturated heterocycles. The number of carbonyl (C=O) groups excluding carboxylic acids is 4. The van der Waals surface area contributed by atoms with Crippen molar-refractivity contribution in [2.24, 2.45) is 23.2 Å². The van der Waals surface area contributed by atoms with Crippen molar-refractivity contribution in [1.82, 2.24) is 0 Å². The Bertz CT molecular complexity index is 1740. The minimum Gasteiger partial charge on any atom is -0.511 e. The molecule has 2 aromatic rings. The standard InChI is InChI=1S/C35H40N2O9/c1-15(2)20-12-23(37-33(44)36-18-8-10-19(46-7)11-9-18)28(39)26-21(20)13-34(6)14-22-24(16(3)4)29(40)25(17(5)38)31(42)35(22,45)32(43)27(34)30(26)41/h8-12,15-16,22,24,39-40,43,45H,13-14H2,1-7H3,(H2,36,37,44)/t22-,24?,34-,35+/m1/s1. The van der Waals surface area contributed by atoms with Gasteiger partial charge in [-0.2, -0.15) is 0 Å². The van der Waals surface area contributed by atoms with Crippen molar-refractivity contribution in [1.29, 1.82) is 0 Å². The Morgan fingerprint density at radius 3 is 2.20 bits per heavy atom. The van der Waals surface area contributed by atoms with Gasteiger partial charge in [0.2, 0.25) is 5.78 Å². The SMILES string of the molecule is COc1ccc(NC(=O)Nc2cc(C(C)C)c3c(c2O)C(=O)C2=C(O)[C@@]4(O)C(=O)C(C(C)=O)=C(O)C(C(C)C)[C@H]4C[C@@]2(C)C3)cc1. The lowest BCUT2D eigenvalue weighted by atomic mass is 9.51. The van der Waals surface area contributed by atoms with E-state index in [1.54, 1.807) is 51.1 Å². The third-order valence-electron chi connectivity index (χ3n) is 9.74. The first-order valence-corrected chi connectivity index (χ1v) is 15.3. The topological polar surface area (TPSA) is 182 Å². The maximum absolute atomic E-state index is 14.4. The number of ketones is 3. The molecule has 0 fully saturated rings. The maximum atomic E-state index is 14.4. The van der Waals surface area contributed by atoms with E-state index < -0.39 is 69.1 Å². The highest BCUT2D eigenvalue weighted by Gasteiger charge is 2.65. The van der Waals surface area contributed by atoms with E-state index in [1.165, 1.54) is 7.11 Å². The van der Waals surface area contributed by atoms with Crippen LogP contribution in [0.1, 0.15) is 75.4 Å². The van der Waals surface area contributed by atoms with Gasteiger partial charge >= 0.3 is 6.03 Å². The van der Waals surface area contributed by atoms with Crippen molar-refractivity contribution in [2.75, 3.05) is 17.7 Å². The van der Waals surface area contributed by atoms with Gasteiger partial charge in [0.1, 0.15) is 22.8 Å². The second-order valence-electron chi connectivity index (χ2n) is 13.5. The molecule has 0 spiro atoms. The van der Waals surface area contributed by atoms with Crippen LogP contribution in [-0.2, 0) is 16.0 Å². The van der Waals surface area contributed by atoms with E-state index in [4.69, 9.17) is 4.74 Å². The lowest BCUT2D eigenvalue weighted by molar-refractivity contribution is -0.151. The lowest BCUT2D eigenvalue weighted by Crippen LogP contribution is -2.61. The summed E-state index contributed by atoms with van der Waals surface area (Å²) >= 11 is 0. The van der Waals surface area contributed by atoms with Crippen LogP contribution in [0.25, 0.3) is 0 Å². The quantitative estimate of drug-likeness (QED) is 0.171. The molecule has 3 aliphatic carbocycles. The number of rotatable bonds is 6. The largest absolute Gasteiger partial charge is 0.511 e. The Kier molecular flexibility index (Phi) is 8.05. The molecule has 6 N–H and O–H groups in total. The molecule has 4 atom stereocenters. The Morgan fingerprint density at radius 1 is 1.02 bits per heavy atom. The minimum atomic E-state index is -2.64. The first kappa shape index (κ1) is 32.7. The summed E-state index contributed by atoms with van der Waals surface area (Å²) in [4.78, 5) is 53.6. The average molecular weight is 633 g/mol. The predicted molar refractivity (Wildman–Crippen MR) is 170 cm³/mol. The second-order valence-corrected chi connectivity index (χ2v) is 13.5. The van der Waals surface area contributed by atoms with Crippen molar-refractivity contribution < 1.29 is 44.3 Å². The molecule has 1 unspecified atom stereocenters. The molecule has 5 rings (SSSR count). The number of hydrogen-bond donors (Lipinski definition) is 6. The van der Waals surface area contributed by atoms with Crippen LogP contribution in [0.4, 0.5) is 16.2 Å². The van der Waals surface area contributed by atoms with Crippen LogP contribution in [0.3, 0.4) is 0 Å². The van der Waals surface area contributed by atoms with Crippen LogP contribution in [0.2, 0.25) is 0 Å². The number of methoxy groups -OCH3 is 1. The fourth-order valence-electron chi connectivity index (χ4n) is 7.63. The van der Waals surface area contributed by atoms with Crippen LogP contribution in [0.5, 0.6) is 11.5 Å². The molecule has 244 valence electrons. The van der Waals surface area contributed by atoms with Gasteiger partial charge in [-0.15, -0.1) is 0 Å². The lowest BCUT2D eigenvalue weighted by Gasteiger charge is -2.53. The van der Waals surface area contributed by atoms with Crippen LogP contribution >= 0.6 is 0 Å². The monoisotopic (exact) mass is 632 g/mol. The summed E-state index contributed by atoms with van der Waals surface area (Å²) in [5.41, 5.74) is -3.13. The van der Waals surface area contributed by atoms with Crippen molar-refractivity contribution in [3.8, 4) is 11.5 Å². The molecule has 11 nitrogen and oxygen atoms in total. The number of urea groups is 1. The van der Waals surface area contributed by atoms with E-state index in [0.717, 1.165) is 6.92 Å². The van der Waals surface area contributed by atoms with Crippen molar-refractivity contribution >= 4 is 34.8 Å². The number of amides is 2. The molecule has 0 aliphatic heterocycles. The summed E-state index contributed by atoms with van der Waals surface area (Å²) in [6.07, 6.45) is 0.183. The summed E-state index contributed by atoms with van der Waals surface area (Å²) in [6.45, 7) is 10.2. The molecule has 0 heterocycles. The molecule has 2 aromatic carbocycles. The molecule has 2 amide bonds. The van der Waals surface area contributed by atoms with Gasteiger partial charge in [-0.05, 0) is 73.1 Å². The van der Waals surface area contributed by atoms with Crippen molar-refractivity contribution in [3.63, 3.8) is 0 Å². The average Bonchev–Trinajstić information content (AvgIpc) is 2.96. The van der Waals surface area contributed by atoms with Crippen LogP contribution in [0, 0.1) is 23.2 Å². The molecule has 46 heavy (non-hydrogen) atoms. The van der Waals surface area contributed by atoms with E-state index in [1.807, 2.05) is 13.8 Å². The highest BCUT2D eigenvalue weighted by molar-refractivity contribution is 6.25. The summed E-state index contributed by atoms with van der Waals surface area (Å²) in [7, 11) is 1.52. The van der Waals surface area contributed by atoms with Crippen LogP contribution < -0.4 is 15.4 Å². The normalized spacial score (nSPS) is 25.7. The number of Topliss-reactive ketones (excluding diaryl/α,β-unsaturated/α-hetero) is 3. The zero-order valence-electron chi connectivity index (χ0n) is 26.9. The Hall–Kier alpha value is -4.64. The summed E-state index contributed by atoms with van der Waals surface area (Å²) in [5.74, 6) is -6.35. The van der Waals surface area contributed by atoms with Gasteiger partial charge in [0.25, 0.3) is 0 Å². The van der Waals surface area contributed by atoms with Gasteiger partial charge in [0.05, 0.1) is 18.4 Å². The van der Waals surface area contributed by atoms with Gasteiger partial charge in [0.15, 0.2) is 22.9 Å². The number of ether oxygens (including phenoxy) is 1.